The molecule has 1 heterocycles. The number of benzene rings is 1. The Balaban J connectivity index is 1.59. The molecule has 18 heavy (non-hydrogen) atoms. The Morgan fingerprint density at radius 1 is 1.28 bits per heavy atom. The van der Waals surface area contributed by atoms with Crippen molar-refractivity contribution >= 4 is 16.6 Å². The average Bonchev–Trinajstić information content (AvgIpc) is 2.85. The van der Waals surface area contributed by atoms with Crippen LogP contribution in [0.25, 0.3) is 10.9 Å². The number of anilines is 1. The van der Waals surface area contributed by atoms with Crippen molar-refractivity contribution in [2.45, 2.75) is 31.7 Å². The average molecular weight is 244 g/mol. The highest BCUT2D eigenvalue weighted by atomic mass is 15.1. The zero-order chi connectivity index (χ0) is 12.4. The monoisotopic (exact) mass is 244 g/mol. The van der Waals surface area contributed by atoms with Crippen LogP contribution in [0.2, 0.25) is 0 Å². The number of H-pyrrole nitrogens is 1. The van der Waals surface area contributed by atoms with E-state index in [2.05, 4.69) is 33.7 Å². The first-order valence-corrected chi connectivity index (χ1v) is 6.74. The van der Waals surface area contributed by atoms with Crippen LogP contribution < -0.4 is 11.1 Å². The van der Waals surface area contributed by atoms with Crippen molar-refractivity contribution in [1.29, 1.82) is 0 Å². The molecule has 0 atom stereocenters. The molecule has 0 amide bonds. The minimum Gasteiger partial charge on any atom is -0.385 e. The number of fused-ring (bicyclic) bond motifs is 1. The third kappa shape index (κ3) is 2.48. The molecule has 0 unspecified atom stereocenters. The molecule has 1 aromatic carbocycles. The summed E-state index contributed by atoms with van der Waals surface area (Å²) in [4.78, 5) is 0. The number of aromatic nitrogens is 2. The third-order valence-corrected chi connectivity index (χ3v) is 3.93. The predicted molar refractivity (Wildman–Crippen MR) is 74.5 cm³/mol. The fraction of sp³-hybridized carbons (Fsp3) is 0.500. The fourth-order valence-electron chi connectivity index (χ4n) is 2.71. The van der Waals surface area contributed by atoms with Crippen LogP contribution in [-0.2, 0) is 0 Å². The second-order valence-electron chi connectivity index (χ2n) is 5.33. The SMILES string of the molecule is N[C@H]1CC[C@H](CNc2ccc3[nH]ncc3c2)CC1. The molecule has 0 aliphatic heterocycles. The number of hydrogen-bond acceptors (Lipinski definition) is 3. The minimum atomic E-state index is 0.434. The highest BCUT2D eigenvalue weighted by Gasteiger charge is 2.17. The van der Waals surface area contributed by atoms with Gasteiger partial charge in [-0.25, -0.2) is 0 Å². The number of aromatic amines is 1. The lowest BCUT2D eigenvalue weighted by Gasteiger charge is -2.26. The van der Waals surface area contributed by atoms with E-state index in [0.29, 0.717) is 6.04 Å². The van der Waals surface area contributed by atoms with E-state index in [1.165, 1.54) is 31.4 Å². The van der Waals surface area contributed by atoms with E-state index in [4.69, 9.17) is 5.73 Å². The summed E-state index contributed by atoms with van der Waals surface area (Å²) in [5.74, 6) is 0.768. The predicted octanol–water partition coefficient (Wildman–Crippen LogP) is 2.49. The Morgan fingerprint density at radius 3 is 2.94 bits per heavy atom. The van der Waals surface area contributed by atoms with Gasteiger partial charge in [-0.3, -0.25) is 5.10 Å². The summed E-state index contributed by atoms with van der Waals surface area (Å²) in [5.41, 5.74) is 8.19. The molecule has 1 aliphatic rings. The molecular weight excluding hydrogens is 224 g/mol. The zero-order valence-electron chi connectivity index (χ0n) is 10.5. The van der Waals surface area contributed by atoms with Gasteiger partial charge in [-0.2, -0.15) is 5.10 Å². The molecule has 0 radical (unpaired) electrons. The van der Waals surface area contributed by atoms with Crippen molar-refractivity contribution in [2.75, 3.05) is 11.9 Å². The van der Waals surface area contributed by atoms with E-state index < -0.39 is 0 Å². The number of nitrogens with two attached hydrogens (primary N) is 1. The van der Waals surface area contributed by atoms with Crippen molar-refractivity contribution < 1.29 is 0 Å². The Hall–Kier alpha value is -1.55. The van der Waals surface area contributed by atoms with E-state index >= 15 is 0 Å². The summed E-state index contributed by atoms with van der Waals surface area (Å²) in [6.07, 6.45) is 6.71. The van der Waals surface area contributed by atoms with Gasteiger partial charge in [-0.15, -0.1) is 0 Å². The van der Waals surface area contributed by atoms with Crippen molar-refractivity contribution in [3.8, 4) is 0 Å². The standard InChI is InChI=1S/C14H20N4/c15-12-3-1-10(2-4-12)8-16-13-5-6-14-11(7-13)9-17-18-14/h5-7,9-10,12,16H,1-4,8,15H2,(H,17,18)/t10-,12-. The molecular formula is C14H20N4. The maximum atomic E-state index is 5.92. The van der Waals surface area contributed by atoms with E-state index in [1.807, 2.05) is 6.20 Å². The van der Waals surface area contributed by atoms with Gasteiger partial charge in [-0.1, -0.05) is 0 Å². The van der Waals surface area contributed by atoms with Crippen molar-refractivity contribution in [1.82, 2.24) is 10.2 Å². The summed E-state index contributed by atoms with van der Waals surface area (Å²) in [7, 11) is 0. The third-order valence-electron chi connectivity index (χ3n) is 3.93. The second kappa shape index (κ2) is 4.98. The molecule has 0 bridgehead atoms. The maximum absolute atomic E-state index is 5.92. The zero-order valence-corrected chi connectivity index (χ0v) is 10.5. The van der Waals surface area contributed by atoms with Crippen molar-refractivity contribution in [2.24, 2.45) is 11.7 Å². The van der Waals surface area contributed by atoms with Crippen LogP contribution in [0.4, 0.5) is 5.69 Å². The number of hydrogen-bond donors (Lipinski definition) is 3. The van der Waals surface area contributed by atoms with Gasteiger partial charge in [0.05, 0.1) is 11.7 Å². The largest absolute Gasteiger partial charge is 0.385 e. The first-order valence-electron chi connectivity index (χ1n) is 6.74. The molecule has 4 nitrogen and oxygen atoms in total. The highest BCUT2D eigenvalue weighted by Crippen LogP contribution is 2.24. The topological polar surface area (TPSA) is 66.7 Å². The second-order valence-corrected chi connectivity index (χ2v) is 5.33. The molecule has 1 fully saturated rings. The number of nitrogens with zero attached hydrogens (tertiary/aromatic N) is 1. The Kier molecular flexibility index (Phi) is 3.19. The quantitative estimate of drug-likeness (QED) is 0.777. The van der Waals surface area contributed by atoms with Gasteiger partial charge in [0, 0.05) is 23.7 Å². The smallest absolute Gasteiger partial charge is 0.0651 e. The summed E-state index contributed by atoms with van der Waals surface area (Å²) in [6, 6.07) is 6.76. The van der Waals surface area contributed by atoms with E-state index in [9.17, 15) is 0 Å². The highest BCUT2D eigenvalue weighted by molar-refractivity contribution is 5.81. The van der Waals surface area contributed by atoms with E-state index in [1.54, 1.807) is 0 Å². The molecule has 3 rings (SSSR count). The normalized spacial score (nSPS) is 24.3. The first-order chi connectivity index (χ1) is 8.81. The van der Waals surface area contributed by atoms with Crippen LogP contribution in [0.5, 0.6) is 0 Å². The van der Waals surface area contributed by atoms with Gasteiger partial charge >= 0.3 is 0 Å². The minimum absolute atomic E-state index is 0.434. The lowest BCUT2D eigenvalue weighted by atomic mass is 9.86. The molecule has 2 aromatic rings. The van der Waals surface area contributed by atoms with Crippen LogP contribution in [0.1, 0.15) is 25.7 Å². The first kappa shape index (κ1) is 11.5. The molecule has 4 heteroatoms. The van der Waals surface area contributed by atoms with Gasteiger partial charge in [0.1, 0.15) is 0 Å². The lowest BCUT2D eigenvalue weighted by molar-refractivity contribution is 0.339. The summed E-state index contributed by atoms with van der Waals surface area (Å²) >= 11 is 0. The number of rotatable bonds is 3. The van der Waals surface area contributed by atoms with Crippen molar-refractivity contribution in [3.63, 3.8) is 0 Å². The molecule has 4 N–H and O–H groups in total. The van der Waals surface area contributed by atoms with E-state index in [-0.39, 0.29) is 0 Å². The maximum Gasteiger partial charge on any atom is 0.0651 e. The van der Waals surface area contributed by atoms with Gasteiger partial charge in [0.15, 0.2) is 0 Å². The van der Waals surface area contributed by atoms with Crippen LogP contribution in [0.3, 0.4) is 0 Å². The molecule has 1 aliphatic carbocycles. The lowest BCUT2D eigenvalue weighted by Crippen LogP contribution is -2.29. The Labute approximate surface area is 107 Å². The van der Waals surface area contributed by atoms with Crippen LogP contribution in [0.15, 0.2) is 24.4 Å². The van der Waals surface area contributed by atoms with Gasteiger partial charge in [0.25, 0.3) is 0 Å². The fourth-order valence-corrected chi connectivity index (χ4v) is 2.71. The van der Waals surface area contributed by atoms with Gasteiger partial charge in [-0.05, 0) is 49.8 Å². The summed E-state index contributed by atoms with van der Waals surface area (Å²) in [5, 5.41) is 11.7. The van der Waals surface area contributed by atoms with Gasteiger partial charge < -0.3 is 11.1 Å². The van der Waals surface area contributed by atoms with Gasteiger partial charge in [0.2, 0.25) is 0 Å². The summed E-state index contributed by atoms with van der Waals surface area (Å²) in [6.45, 7) is 1.05. The van der Waals surface area contributed by atoms with Crippen LogP contribution >= 0.6 is 0 Å². The van der Waals surface area contributed by atoms with E-state index in [0.717, 1.165) is 23.4 Å². The Bertz CT molecular complexity index is 511. The number of nitrogens with one attached hydrogen (secondary N) is 2. The molecule has 1 saturated carbocycles. The molecule has 96 valence electrons. The molecule has 1 aromatic heterocycles. The van der Waals surface area contributed by atoms with Crippen LogP contribution in [-0.4, -0.2) is 22.8 Å². The molecule has 0 saturated heterocycles. The summed E-state index contributed by atoms with van der Waals surface area (Å²) < 4.78 is 0. The molecule has 0 spiro atoms. The van der Waals surface area contributed by atoms with Crippen LogP contribution in [0, 0.1) is 5.92 Å². The van der Waals surface area contributed by atoms with Crippen molar-refractivity contribution in [3.05, 3.63) is 24.4 Å². The Morgan fingerprint density at radius 2 is 2.11 bits per heavy atom.